The van der Waals surface area contributed by atoms with Gasteiger partial charge in [0.05, 0.1) is 18.6 Å². The van der Waals surface area contributed by atoms with E-state index in [0.717, 1.165) is 5.56 Å². The maximum Gasteiger partial charge on any atom is 0.278 e. The normalized spacial score (nSPS) is 11.9. The van der Waals surface area contributed by atoms with E-state index in [1.54, 1.807) is 36.7 Å². The summed E-state index contributed by atoms with van der Waals surface area (Å²) in [6, 6.07) is 16.2. The molecular formula is C23H19ClN6O3. The highest BCUT2D eigenvalue weighted by atomic mass is 35.5. The van der Waals surface area contributed by atoms with Crippen LogP contribution in [0.1, 0.15) is 12.5 Å². The summed E-state index contributed by atoms with van der Waals surface area (Å²) in [7, 11) is 0. The minimum Gasteiger partial charge on any atom is -0.436 e. The highest BCUT2D eigenvalue weighted by molar-refractivity contribution is 6.30. The Hall–Kier alpha value is -4.11. The lowest BCUT2D eigenvalue weighted by molar-refractivity contribution is 0.367. The summed E-state index contributed by atoms with van der Waals surface area (Å²) >= 11 is 6.04. The van der Waals surface area contributed by atoms with E-state index in [0.29, 0.717) is 52.2 Å². The molecule has 0 aliphatic carbocycles. The third-order valence-corrected chi connectivity index (χ3v) is 5.33. The van der Waals surface area contributed by atoms with Gasteiger partial charge in [0, 0.05) is 17.6 Å². The number of aromatic nitrogens is 5. The predicted octanol–water partition coefficient (Wildman–Crippen LogP) is 4.26. The Morgan fingerprint density at radius 3 is 2.61 bits per heavy atom. The van der Waals surface area contributed by atoms with Crippen LogP contribution in [0.25, 0.3) is 11.2 Å². The van der Waals surface area contributed by atoms with E-state index in [-0.39, 0.29) is 5.56 Å². The number of fused-ring (bicyclic) bond motifs is 1. The van der Waals surface area contributed by atoms with Crippen LogP contribution >= 0.6 is 11.6 Å². The fourth-order valence-electron chi connectivity index (χ4n) is 3.47. The first kappa shape index (κ1) is 20.8. The molecule has 10 heteroatoms. The second kappa shape index (κ2) is 8.79. The van der Waals surface area contributed by atoms with Crippen molar-refractivity contribution in [2.75, 3.05) is 0 Å². The molecule has 0 radical (unpaired) electrons. The summed E-state index contributed by atoms with van der Waals surface area (Å²) in [5.74, 6) is 0.948. The van der Waals surface area contributed by atoms with E-state index >= 15 is 0 Å². The van der Waals surface area contributed by atoms with Gasteiger partial charge >= 0.3 is 0 Å². The predicted molar refractivity (Wildman–Crippen MR) is 123 cm³/mol. The average Bonchev–Trinajstić information content (AvgIpc) is 3.49. The Balaban J connectivity index is 1.59. The van der Waals surface area contributed by atoms with Crippen LogP contribution in [0.4, 0.5) is 5.69 Å². The van der Waals surface area contributed by atoms with Gasteiger partial charge in [0.1, 0.15) is 12.0 Å². The lowest BCUT2D eigenvalue weighted by Gasteiger charge is -2.10. The lowest BCUT2D eigenvalue weighted by Crippen LogP contribution is -2.32. The average molecular weight is 463 g/mol. The highest BCUT2D eigenvalue weighted by Gasteiger charge is 2.13. The van der Waals surface area contributed by atoms with Gasteiger partial charge < -0.3 is 13.8 Å². The Morgan fingerprint density at radius 1 is 1.12 bits per heavy atom. The molecule has 166 valence electrons. The van der Waals surface area contributed by atoms with E-state index < -0.39 is 0 Å². The number of hydrogen-bond acceptors (Lipinski definition) is 6. The van der Waals surface area contributed by atoms with Gasteiger partial charge in [-0.3, -0.25) is 14.3 Å². The summed E-state index contributed by atoms with van der Waals surface area (Å²) < 4.78 is 14.1. The Labute approximate surface area is 192 Å². The van der Waals surface area contributed by atoms with Crippen LogP contribution in [0.5, 0.6) is 11.6 Å². The maximum absolute atomic E-state index is 12.9. The molecule has 2 aromatic carbocycles. The van der Waals surface area contributed by atoms with Gasteiger partial charge in [-0.15, -0.1) is 0 Å². The zero-order valence-electron chi connectivity index (χ0n) is 17.6. The molecular weight excluding hydrogens is 444 g/mol. The van der Waals surface area contributed by atoms with E-state index in [2.05, 4.69) is 20.1 Å². The molecule has 5 rings (SSSR count). The number of ether oxygens (including phenoxy) is 1. The van der Waals surface area contributed by atoms with Gasteiger partial charge in [-0.05, 0) is 54.0 Å². The molecule has 3 aromatic heterocycles. The van der Waals surface area contributed by atoms with Gasteiger partial charge in [-0.25, -0.2) is 9.98 Å². The second-order valence-corrected chi connectivity index (χ2v) is 7.68. The van der Waals surface area contributed by atoms with Crippen LogP contribution in [-0.2, 0) is 13.1 Å². The van der Waals surface area contributed by atoms with Gasteiger partial charge in [0.25, 0.3) is 11.4 Å². The first-order valence-corrected chi connectivity index (χ1v) is 10.6. The van der Waals surface area contributed by atoms with Crippen molar-refractivity contribution in [3.8, 4) is 11.6 Å². The van der Waals surface area contributed by atoms with E-state index in [1.807, 2.05) is 40.3 Å². The number of nitrogens with one attached hydrogen (secondary N) is 1. The Bertz CT molecular complexity index is 1510. The zero-order chi connectivity index (χ0) is 22.8. The summed E-state index contributed by atoms with van der Waals surface area (Å²) in [5, 5.41) is 4.38. The van der Waals surface area contributed by atoms with Gasteiger partial charge in [0.15, 0.2) is 11.2 Å². The molecule has 0 bridgehead atoms. The van der Waals surface area contributed by atoms with Crippen LogP contribution in [0.3, 0.4) is 0 Å². The molecule has 0 saturated heterocycles. The van der Waals surface area contributed by atoms with E-state index in [4.69, 9.17) is 20.9 Å². The first-order valence-electron chi connectivity index (χ1n) is 10.3. The topological polar surface area (TPSA) is 103 Å². The smallest absolute Gasteiger partial charge is 0.278 e. The molecule has 3 heterocycles. The number of aryl methyl sites for hydroxylation is 1. The number of aromatic amines is 1. The Kier molecular flexibility index (Phi) is 5.54. The number of imidazole rings is 1. The van der Waals surface area contributed by atoms with Crippen molar-refractivity contribution in [1.29, 1.82) is 0 Å². The summed E-state index contributed by atoms with van der Waals surface area (Å²) in [6.45, 7) is 3.05. The number of nitrogens with zero attached hydrogens (tertiary/aromatic N) is 5. The molecule has 0 amide bonds. The van der Waals surface area contributed by atoms with Crippen molar-refractivity contribution in [1.82, 2.24) is 24.3 Å². The minimum absolute atomic E-state index is 0.249. The molecule has 9 nitrogen and oxygen atoms in total. The molecule has 1 N–H and O–H groups in total. The summed E-state index contributed by atoms with van der Waals surface area (Å²) in [5.41, 5.74) is 2.83. The monoisotopic (exact) mass is 462 g/mol. The fraction of sp³-hybridized carbons (Fsp3) is 0.130. The van der Waals surface area contributed by atoms with Crippen molar-refractivity contribution in [3.05, 3.63) is 93.7 Å². The third-order valence-electron chi connectivity index (χ3n) is 5.07. The van der Waals surface area contributed by atoms with Crippen molar-refractivity contribution < 1.29 is 9.26 Å². The van der Waals surface area contributed by atoms with Crippen molar-refractivity contribution >= 4 is 28.5 Å². The van der Waals surface area contributed by atoms with Gasteiger partial charge in [-0.2, -0.15) is 0 Å². The number of H-pyrrole nitrogens is 1. The molecule has 33 heavy (non-hydrogen) atoms. The quantitative estimate of drug-likeness (QED) is 0.406. The first-order chi connectivity index (χ1) is 16.1. The van der Waals surface area contributed by atoms with Crippen molar-refractivity contribution in [2.45, 2.75) is 20.0 Å². The SMILES string of the molecule is CCn1cnc2c1c(=O)[nH]/c(=N\c1ccc(Oc3ccon3)cc1)n2Cc1ccc(Cl)cc1. The van der Waals surface area contributed by atoms with Crippen LogP contribution in [-0.4, -0.2) is 24.3 Å². The van der Waals surface area contributed by atoms with Crippen LogP contribution < -0.4 is 15.9 Å². The van der Waals surface area contributed by atoms with E-state index in [9.17, 15) is 4.79 Å². The fourth-order valence-corrected chi connectivity index (χ4v) is 3.59. The standard InChI is InChI=1S/C23H19ClN6O3/c1-2-29-14-25-21-20(29)22(31)27-23(30(21)13-15-3-5-16(24)6-4-15)26-17-7-9-18(10-8-17)33-19-11-12-32-28-19/h3-12,14H,2,13H2,1H3,(H,26,27,31). The molecule has 0 fully saturated rings. The molecule has 0 unspecified atom stereocenters. The largest absolute Gasteiger partial charge is 0.436 e. The van der Waals surface area contributed by atoms with Crippen LogP contribution in [0.2, 0.25) is 5.02 Å². The summed E-state index contributed by atoms with van der Waals surface area (Å²) in [4.78, 5) is 25.0. The number of halogens is 1. The second-order valence-electron chi connectivity index (χ2n) is 7.24. The zero-order valence-corrected chi connectivity index (χ0v) is 18.4. The highest BCUT2D eigenvalue weighted by Crippen LogP contribution is 2.22. The number of hydrogen-bond donors (Lipinski definition) is 1. The molecule has 0 saturated carbocycles. The van der Waals surface area contributed by atoms with Gasteiger partial charge in [-0.1, -0.05) is 23.7 Å². The number of benzene rings is 2. The van der Waals surface area contributed by atoms with Crippen LogP contribution in [0, 0.1) is 0 Å². The molecule has 0 spiro atoms. The lowest BCUT2D eigenvalue weighted by atomic mass is 10.2. The minimum atomic E-state index is -0.249. The molecule has 5 aromatic rings. The molecule has 0 aliphatic heterocycles. The van der Waals surface area contributed by atoms with Crippen molar-refractivity contribution in [3.63, 3.8) is 0 Å². The van der Waals surface area contributed by atoms with Gasteiger partial charge in [0.2, 0.25) is 5.62 Å². The third kappa shape index (κ3) is 4.31. The van der Waals surface area contributed by atoms with E-state index in [1.165, 1.54) is 6.26 Å². The summed E-state index contributed by atoms with van der Waals surface area (Å²) in [6.07, 6.45) is 3.10. The number of rotatable bonds is 6. The van der Waals surface area contributed by atoms with Crippen molar-refractivity contribution in [2.24, 2.45) is 4.99 Å². The molecule has 0 aliphatic rings. The Morgan fingerprint density at radius 2 is 1.91 bits per heavy atom. The maximum atomic E-state index is 12.9. The van der Waals surface area contributed by atoms with Crippen LogP contribution in [0.15, 0.2) is 81.5 Å². The molecule has 0 atom stereocenters.